The average molecular weight is 398 g/mol. The van der Waals surface area contributed by atoms with Crippen molar-refractivity contribution in [2.45, 2.75) is 13.0 Å². The van der Waals surface area contributed by atoms with Gasteiger partial charge >= 0.3 is 0 Å². The summed E-state index contributed by atoms with van der Waals surface area (Å²) < 4.78 is 6.49. The summed E-state index contributed by atoms with van der Waals surface area (Å²) >= 11 is 5.86. The van der Waals surface area contributed by atoms with Gasteiger partial charge in [0.05, 0.1) is 12.8 Å². The molecule has 28 heavy (non-hydrogen) atoms. The Labute approximate surface area is 167 Å². The second kappa shape index (κ2) is 9.19. The lowest BCUT2D eigenvalue weighted by atomic mass is 10.1. The molecule has 0 atom stereocenters. The van der Waals surface area contributed by atoms with E-state index < -0.39 is 0 Å². The van der Waals surface area contributed by atoms with Gasteiger partial charge in [-0.15, -0.1) is 0 Å². The number of amides is 1. The Hall–Kier alpha value is -3.12. The summed E-state index contributed by atoms with van der Waals surface area (Å²) in [5.74, 6) is 0.369. The van der Waals surface area contributed by atoms with Crippen LogP contribution in [0.5, 0.6) is 5.75 Å². The summed E-state index contributed by atoms with van der Waals surface area (Å²) in [5, 5.41) is 7.80. The molecule has 7 heteroatoms. The van der Waals surface area contributed by atoms with E-state index in [1.54, 1.807) is 13.2 Å². The second-order valence-electron chi connectivity index (χ2n) is 6.14. The van der Waals surface area contributed by atoms with Crippen molar-refractivity contribution >= 4 is 17.5 Å². The molecular weight excluding hydrogens is 378 g/mol. The third kappa shape index (κ3) is 4.98. The van der Waals surface area contributed by atoms with E-state index in [0.29, 0.717) is 29.4 Å². The van der Waals surface area contributed by atoms with Gasteiger partial charge in [0, 0.05) is 23.2 Å². The maximum absolute atomic E-state index is 12.2. The number of carbonyl (C=O) groups excluding carboxylic acids is 1. The Kier molecular flexibility index (Phi) is 6.45. The zero-order valence-electron chi connectivity index (χ0n) is 15.4. The zero-order valence-corrected chi connectivity index (χ0v) is 16.1. The largest absolute Gasteiger partial charge is 0.496 e. The Morgan fingerprint density at radius 2 is 1.86 bits per heavy atom. The molecule has 144 valence electrons. The van der Waals surface area contributed by atoms with Gasteiger partial charge in [0.25, 0.3) is 5.56 Å². The average Bonchev–Trinajstić information content (AvgIpc) is 2.71. The van der Waals surface area contributed by atoms with Crippen LogP contribution in [0.2, 0.25) is 5.02 Å². The third-order valence-electron chi connectivity index (χ3n) is 4.19. The molecule has 1 aromatic heterocycles. The van der Waals surface area contributed by atoms with Gasteiger partial charge < -0.3 is 10.1 Å². The maximum atomic E-state index is 12.2. The number of methoxy groups -OCH3 is 1. The van der Waals surface area contributed by atoms with Crippen LogP contribution in [0.15, 0.2) is 65.5 Å². The predicted octanol–water partition coefficient (Wildman–Crippen LogP) is 2.93. The van der Waals surface area contributed by atoms with Crippen molar-refractivity contribution in [1.82, 2.24) is 15.1 Å². The van der Waals surface area contributed by atoms with Crippen molar-refractivity contribution in [3.8, 4) is 17.0 Å². The highest BCUT2D eigenvalue weighted by Gasteiger charge is 2.10. The van der Waals surface area contributed by atoms with Gasteiger partial charge in [-0.1, -0.05) is 35.9 Å². The molecule has 0 aliphatic heterocycles. The molecule has 0 fully saturated rings. The number of aromatic nitrogens is 2. The summed E-state index contributed by atoms with van der Waals surface area (Å²) in [6, 6.07) is 17.8. The van der Waals surface area contributed by atoms with Crippen molar-refractivity contribution in [3.05, 3.63) is 81.6 Å². The number of hydrogen-bond donors (Lipinski definition) is 1. The van der Waals surface area contributed by atoms with Crippen LogP contribution in [0.4, 0.5) is 0 Å². The molecule has 0 bridgehead atoms. The molecule has 0 aliphatic rings. The van der Waals surface area contributed by atoms with Gasteiger partial charge in [0.15, 0.2) is 0 Å². The number of halogens is 1. The van der Waals surface area contributed by atoms with Gasteiger partial charge in [-0.05, 0) is 42.3 Å². The Bertz CT molecular complexity index is 1020. The number of rotatable bonds is 7. The molecule has 0 radical (unpaired) electrons. The monoisotopic (exact) mass is 397 g/mol. The lowest BCUT2D eigenvalue weighted by Crippen LogP contribution is -2.34. The summed E-state index contributed by atoms with van der Waals surface area (Å²) in [6.07, 6.45) is 0.673. The van der Waals surface area contributed by atoms with Gasteiger partial charge in [-0.25, -0.2) is 4.68 Å². The van der Waals surface area contributed by atoms with Crippen LogP contribution in [-0.2, 0) is 17.8 Å². The smallest absolute Gasteiger partial charge is 0.267 e. The van der Waals surface area contributed by atoms with Crippen LogP contribution >= 0.6 is 11.6 Å². The summed E-state index contributed by atoms with van der Waals surface area (Å²) in [4.78, 5) is 24.3. The number of carbonyl (C=O) groups is 1. The Morgan fingerprint density at radius 1 is 1.11 bits per heavy atom. The lowest BCUT2D eigenvalue weighted by Gasteiger charge is -2.10. The molecular formula is C21H20ClN3O3. The second-order valence-corrected chi connectivity index (χ2v) is 6.58. The van der Waals surface area contributed by atoms with Crippen LogP contribution in [0.3, 0.4) is 0 Å². The third-order valence-corrected chi connectivity index (χ3v) is 4.44. The van der Waals surface area contributed by atoms with E-state index in [1.807, 2.05) is 48.5 Å². The molecule has 2 aromatic carbocycles. The molecule has 6 nitrogen and oxygen atoms in total. The predicted molar refractivity (Wildman–Crippen MR) is 109 cm³/mol. The molecule has 0 saturated heterocycles. The molecule has 1 amide bonds. The van der Waals surface area contributed by atoms with Gasteiger partial charge in [0.2, 0.25) is 5.91 Å². The van der Waals surface area contributed by atoms with E-state index >= 15 is 0 Å². The highest BCUT2D eigenvalue weighted by Crippen LogP contribution is 2.27. The van der Waals surface area contributed by atoms with E-state index in [1.165, 1.54) is 6.07 Å². The van der Waals surface area contributed by atoms with Gasteiger partial charge in [-0.2, -0.15) is 5.10 Å². The minimum atomic E-state index is -0.341. The van der Waals surface area contributed by atoms with Gasteiger partial charge in [-0.3, -0.25) is 9.59 Å². The summed E-state index contributed by atoms with van der Waals surface area (Å²) in [5.41, 5.74) is 2.04. The molecule has 0 saturated carbocycles. The number of ether oxygens (including phenoxy) is 1. The van der Waals surface area contributed by atoms with Crippen LogP contribution in [-0.4, -0.2) is 29.3 Å². The first kappa shape index (κ1) is 19.6. The first-order valence-corrected chi connectivity index (χ1v) is 9.17. The SMILES string of the molecule is COc1ccccc1-c1ccc(=O)n(CC(=O)NCCc2ccc(Cl)cc2)n1. The summed E-state index contributed by atoms with van der Waals surface area (Å²) in [6.45, 7) is 0.309. The number of nitrogens with zero attached hydrogens (tertiary/aromatic N) is 2. The standard InChI is InChI=1S/C21H20ClN3O3/c1-28-19-5-3-2-4-17(19)18-10-11-21(27)25(24-18)14-20(26)23-13-12-15-6-8-16(22)9-7-15/h2-11H,12-14H2,1H3,(H,23,26). The quantitative estimate of drug-likeness (QED) is 0.665. The van der Waals surface area contributed by atoms with E-state index in [2.05, 4.69) is 10.4 Å². The minimum absolute atomic E-state index is 0.150. The zero-order chi connectivity index (χ0) is 19.9. The fraction of sp³-hybridized carbons (Fsp3) is 0.190. The van der Waals surface area contributed by atoms with Crippen LogP contribution < -0.4 is 15.6 Å². The number of hydrogen-bond acceptors (Lipinski definition) is 4. The number of benzene rings is 2. The van der Waals surface area contributed by atoms with Crippen molar-refractivity contribution in [2.75, 3.05) is 13.7 Å². The molecule has 0 spiro atoms. The molecule has 3 aromatic rings. The minimum Gasteiger partial charge on any atom is -0.496 e. The lowest BCUT2D eigenvalue weighted by molar-refractivity contribution is -0.121. The molecule has 0 unspecified atom stereocenters. The van der Waals surface area contributed by atoms with Crippen LogP contribution in [0.25, 0.3) is 11.3 Å². The van der Waals surface area contributed by atoms with Gasteiger partial charge in [0.1, 0.15) is 12.3 Å². The fourth-order valence-corrected chi connectivity index (χ4v) is 2.88. The number of para-hydroxylation sites is 1. The normalized spacial score (nSPS) is 10.5. The maximum Gasteiger partial charge on any atom is 0.267 e. The van der Waals surface area contributed by atoms with E-state index in [-0.39, 0.29) is 18.0 Å². The first-order chi connectivity index (χ1) is 13.6. The van der Waals surface area contributed by atoms with E-state index in [9.17, 15) is 9.59 Å². The van der Waals surface area contributed by atoms with Crippen molar-refractivity contribution in [3.63, 3.8) is 0 Å². The topological polar surface area (TPSA) is 73.2 Å². The molecule has 1 N–H and O–H groups in total. The highest BCUT2D eigenvalue weighted by molar-refractivity contribution is 6.30. The molecule has 0 aliphatic carbocycles. The van der Waals surface area contributed by atoms with Crippen molar-refractivity contribution < 1.29 is 9.53 Å². The van der Waals surface area contributed by atoms with E-state index in [4.69, 9.17) is 16.3 Å². The van der Waals surface area contributed by atoms with Crippen LogP contribution in [0.1, 0.15) is 5.56 Å². The Morgan fingerprint density at radius 3 is 2.61 bits per heavy atom. The number of nitrogens with one attached hydrogen (secondary N) is 1. The molecule has 1 heterocycles. The van der Waals surface area contributed by atoms with Crippen LogP contribution in [0, 0.1) is 0 Å². The van der Waals surface area contributed by atoms with E-state index in [0.717, 1.165) is 15.8 Å². The summed E-state index contributed by atoms with van der Waals surface area (Å²) in [7, 11) is 1.57. The Balaban J connectivity index is 1.65. The van der Waals surface area contributed by atoms with Crippen molar-refractivity contribution in [1.29, 1.82) is 0 Å². The fourth-order valence-electron chi connectivity index (χ4n) is 2.75. The highest BCUT2D eigenvalue weighted by atomic mass is 35.5. The first-order valence-electron chi connectivity index (χ1n) is 8.79. The van der Waals surface area contributed by atoms with Crippen molar-refractivity contribution in [2.24, 2.45) is 0 Å². The molecule has 3 rings (SSSR count).